The third kappa shape index (κ3) is 5.80. The summed E-state index contributed by atoms with van der Waals surface area (Å²) in [5.41, 5.74) is 2.27. The Morgan fingerprint density at radius 2 is 1.90 bits per heavy atom. The van der Waals surface area contributed by atoms with E-state index in [4.69, 9.17) is 9.47 Å². The van der Waals surface area contributed by atoms with Gasteiger partial charge in [0.1, 0.15) is 6.61 Å². The molecule has 2 rings (SSSR count). The number of nitrogens with one attached hydrogen (secondary N) is 2. The van der Waals surface area contributed by atoms with Crippen LogP contribution in [0, 0.1) is 0 Å². The maximum Gasteiger partial charge on any atom is 0.338 e. The molecule has 1 aliphatic heterocycles. The molecule has 1 heterocycles. The van der Waals surface area contributed by atoms with Gasteiger partial charge >= 0.3 is 12.0 Å². The molecule has 1 atom stereocenters. The number of amides is 3. The van der Waals surface area contributed by atoms with Gasteiger partial charge in [0.05, 0.1) is 18.2 Å². The van der Waals surface area contributed by atoms with Crippen molar-refractivity contribution in [3.8, 4) is 0 Å². The van der Waals surface area contributed by atoms with Crippen molar-refractivity contribution in [1.82, 2.24) is 10.2 Å². The second-order valence-corrected chi connectivity index (χ2v) is 6.84. The predicted octanol–water partition coefficient (Wildman–Crippen LogP) is 2.98. The molecule has 0 radical (unpaired) electrons. The molecular formula is C21H29N3O5. The number of allylic oxidation sites excluding steroid dienone is 1. The Balaban J connectivity index is 2.22. The van der Waals surface area contributed by atoms with Crippen molar-refractivity contribution in [2.24, 2.45) is 0 Å². The number of hydrogen-bond acceptors (Lipinski definition) is 5. The number of urea groups is 1. The lowest BCUT2D eigenvalue weighted by molar-refractivity contribution is -0.140. The van der Waals surface area contributed by atoms with E-state index >= 15 is 0 Å². The molecule has 0 saturated heterocycles. The van der Waals surface area contributed by atoms with Crippen molar-refractivity contribution in [3.05, 3.63) is 41.1 Å². The summed E-state index contributed by atoms with van der Waals surface area (Å²) in [5.74, 6) is -0.543. The number of carbonyl (C=O) groups is 3. The fourth-order valence-electron chi connectivity index (χ4n) is 2.97. The van der Waals surface area contributed by atoms with E-state index in [1.807, 2.05) is 6.92 Å². The molecule has 158 valence electrons. The fraction of sp³-hybridized carbons (Fsp3) is 0.476. The van der Waals surface area contributed by atoms with E-state index in [2.05, 4.69) is 10.6 Å². The number of methoxy groups -OCH3 is 1. The van der Waals surface area contributed by atoms with Crippen molar-refractivity contribution in [2.45, 2.75) is 39.2 Å². The van der Waals surface area contributed by atoms with Gasteiger partial charge in [-0.3, -0.25) is 4.79 Å². The zero-order chi connectivity index (χ0) is 21.4. The molecule has 1 aromatic rings. The Bertz CT molecular complexity index is 773. The monoisotopic (exact) mass is 403 g/mol. The van der Waals surface area contributed by atoms with E-state index < -0.39 is 12.0 Å². The molecule has 3 amide bonds. The summed E-state index contributed by atoms with van der Waals surface area (Å²) in [6.45, 7) is 4.16. The maximum atomic E-state index is 12.7. The lowest BCUT2D eigenvalue weighted by atomic mass is 9.95. The Kier molecular flexibility index (Phi) is 8.21. The smallest absolute Gasteiger partial charge is 0.338 e. The SMILES string of the molecule is CCCCC(=O)Nc1ccc([C@@H]2NC(=O)N(C)C(C)=C2C(=O)OCCOC)cc1. The average molecular weight is 403 g/mol. The Hall–Kier alpha value is -2.87. The summed E-state index contributed by atoms with van der Waals surface area (Å²) in [7, 11) is 3.12. The quantitative estimate of drug-likeness (QED) is 0.488. The van der Waals surface area contributed by atoms with Gasteiger partial charge in [0.15, 0.2) is 0 Å². The van der Waals surface area contributed by atoms with Crippen LogP contribution in [0.1, 0.15) is 44.7 Å². The van der Waals surface area contributed by atoms with Crippen LogP contribution in [-0.4, -0.2) is 50.2 Å². The van der Waals surface area contributed by atoms with Crippen molar-refractivity contribution >= 4 is 23.6 Å². The molecule has 0 unspecified atom stereocenters. The summed E-state index contributed by atoms with van der Waals surface area (Å²) < 4.78 is 10.2. The van der Waals surface area contributed by atoms with E-state index in [0.717, 1.165) is 18.4 Å². The van der Waals surface area contributed by atoms with E-state index in [1.54, 1.807) is 38.2 Å². The first-order chi connectivity index (χ1) is 13.9. The van der Waals surface area contributed by atoms with Crippen molar-refractivity contribution in [3.63, 3.8) is 0 Å². The van der Waals surface area contributed by atoms with Crippen LogP contribution < -0.4 is 10.6 Å². The first-order valence-corrected chi connectivity index (χ1v) is 9.69. The molecule has 0 saturated carbocycles. The molecule has 0 aliphatic carbocycles. The van der Waals surface area contributed by atoms with E-state index in [0.29, 0.717) is 23.4 Å². The van der Waals surface area contributed by atoms with E-state index in [-0.39, 0.29) is 25.2 Å². The molecule has 0 aromatic heterocycles. The standard InChI is InChI=1S/C21H29N3O5/c1-5-6-7-17(25)22-16-10-8-15(9-11-16)19-18(20(26)29-13-12-28-4)14(2)24(3)21(27)23-19/h8-11,19H,5-7,12-13H2,1-4H3,(H,22,25)(H,23,27)/t19-/m0/s1. The van der Waals surface area contributed by atoms with Gasteiger partial charge in [-0.15, -0.1) is 0 Å². The van der Waals surface area contributed by atoms with Gasteiger partial charge in [0, 0.05) is 32.0 Å². The Labute approximate surface area is 171 Å². The third-order valence-corrected chi connectivity index (χ3v) is 4.78. The number of esters is 1. The first kappa shape index (κ1) is 22.4. The average Bonchev–Trinajstić information content (AvgIpc) is 2.71. The summed E-state index contributed by atoms with van der Waals surface area (Å²) in [4.78, 5) is 38.2. The molecule has 29 heavy (non-hydrogen) atoms. The third-order valence-electron chi connectivity index (χ3n) is 4.78. The predicted molar refractivity (Wildman–Crippen MR) is 109 cm³/mol. The molecular weight excluding hydrogens is 374 g/mol. The van der Waals surface area contributed by atoms with Crippen LogP contribution in [0.5, 0.6) is 0 Å². The van der Waals surface area contributed by atoms with Crippen LogP contribution in [0.15, 0.2) is 35.5 Å². The molecule has 1 aliphatic rings. The number of rotatable bonds is 9. The number of ether oxygens (including phenoxy) is 2. The largest absolute Gasteiger partial charge is 0.460 e. The molecule has 0 fully saturated rings. The highest BCUT2D eigenvalue weighted by molar-refractivity contribution is 5.95. The zero-order valence-corrected chi connectivity index (χ0v) is 17.4. The van der Waals surface area contributed by atoms with E-state index in [1.165, 1.54) is 12.0 Å². The van der Waals surface area contributed by atoms with Gasteiger partial charge in [0.2, 0.25) is 5.91 Å². The normalized spacial score (nSPS) is 16.5. The van der Waals surface area contributed by atoms with Crippen molar-refractivity contribution < 1.29 is 23.9 Å². The van der Waals surface area contributed by atoms with Crippen LogP contribution in [0.2, 0.25) is 0 Å². The van der Waals surface area contributed by atoms with Gasteiger partial charge in [-0.1, -0.05) is 25.5 Å². The van der Waals surface area contributed by atoms with Crippen LogP contribution in [0.25, 0.3) is 0 Å². The minimum absolute atomic E-state index is 0.0367. The fourth-order valence-corrected chi connectivity index (χ4v) is 2.97. The summed E-state index contributed by atoms with van der Waals surface area (Å²) >= 11 is 0. The lowest BCUT2D eigenvalue weighted by Crippen LogP contribution is -2.46. The van der Waals surface area contributed by atoms with Crippen molar-refractivity contribution in [2.75, 3.05) is 32.7 Å². The van der Waals surface area contributed by atoms with Crippen LogP contribution in [0.3, 0.4) is 0 Å². The van der Waals surface area contributed by atoms with Crippen molar-refractivity contribution in [1.29, 1.82) is 0 Å². The number of benzene rings is 1. The molecule has 8 heteroatoms. The van der Waals surface area contributed by atoms with Crippen LogP contribution in [0.4, 0.5) is 10.5 Å². The molecule has 8 nitrogen and oxygen atoms in total. The molecule has 0 spiro atoms. The maximum absolute atomic E-state index is 12.7. The lowest BCUT2D eigenvalue weighted by Gasteiger charge is -2.33. The summed E-state index contributed by atoms with van der Waals surface area (Å²) in [5, 5.41) is 5.68. The number of nitrogens with zero attached hydrogens (tertiary/aromatic N) is 1. The van der Waals surface area contributed by atoms with Gasteiger partial charge in [-0.2, -0.15) is 0 Å². The molecule has 1 aromatic carbocycles. The summed E-state index contributed by atoms with van der Waals surface area (Å²) in [6.07, 6.45) is 2.27. The molecule has 0 bridgehead atoms. The highest BCUT2D eigenvalue weighted by Crippen LogP contribution is 2.31. The van der Waals surface area contributed by atoms with Gasteiger partial charge in [-0.25, -0.2) is 9.59 Å². The topological polar surface area (TPSA) is 97.0 Å². The first-order valence-electron chi connectivity index (χ1n) is 9.69. The number of anilines is 1. The Morgan fingerprint density at radius 1 is 1.21 bits per heavy atom. The van der Waals surface area contributed by atoms with E-state index in [9.17, 15) is 14.4 Å². The second-order valence-electron chi connectivity index (χ2n) is 6.84. The highest BCUT2D eigenvalue weighted by Gasteiger charge is 2.35. The number of carbonyl (C=O) groups excluding carboxylic acids is 3. The number of unbranched alkanes of at least 4 members (excludes halogenated alkanes) is 1. The molecule has 2 N–H and O–H groups in total. The van der Waals surface area contributed by atoms with Crippen LogP contribution >= 0.6 is 0 Å². The minimum atomic E-state index is -0.640. The zero-order valence-electron chi connectivity index (χ0n) is 17.4. The second kappa shape index (κ2) is 10.6. The van der Waals surface area contributed by atoms with Gasteiger partial charge in [0.25, 0.3) is 0 Å². The minimum Gasteiger partial charge on any atom is -0.460 e. The van der Waals surface area contributed by atoms with Gasteiger partial charge in [-0.05, 0) is 31.0 Å². The summed E-state index contributed by atoms with van der Waals surface area (Å²) in [6, 6.07) is 6.12. The highest BCUT2D eigenvalue weighted by atomic mass is 16.6. The number of hydrogen-bond donors (Lipinski definition) is 2. The van der Waals surface area contributed by atoms with Gasteiger partial charge < -0.3 is 25.0 Å². The van der Waals surface area contributed by atoms with Crippen LogP contribution in [-0.2, 0) is 19.1 Å². The Morgan fingerprint density at radius 3 is 2.52 bits per heavy atom.